The van der Waals surface area contributed by atoms with Crippen LogP contribution in [-0.2, 0) is 11.8 Å². The number of hydrogen-bond acceptors (Lipinski definition) is 3. The van der Waals surface area contributed by atoms with Gasteiger partial charge in [0, 0.05) is 19.3 Å². The topological polar surface area (TPSA) is 77.1 Å². The minimum absolute atomic E-state index is 0. The first-order valence-corrected chi connectivity index (χ1v) is 6.10. The Bertz CT molecular complexity index is 499. The summed E-state index contributed by atoms with van der Waals surface area (Å²) >= 11 is 0. The van der Waals surface area contributed by atoms with Gasteiger partial charge in [-0.25, -0.2) is 0 Å². The van der Waals surface area contributed by atoms with Crippen LogP contribution in [0.5, 0.6) is 0 Å². The molecule has 0 aliphatic rings. The van der Waals surface area contributed by atoms with Gasteiger partial charge in [-0.05, 0) is 18.4 Å². The Balaban J connectivity index is 0.00000324. The number of hydrogen-bond donors (Lipinski definition) is 2. The van der Waals surface area contributed by atoms with E-state index in [0.29, 0.717) is 5.69 Å². The highest BCUT2D eigenvalue weighted by atomic mass is 35.5. The van der Waals surface area contributed by atoms with Gasteiger partial charge < -0.3 is 15.6 Å². The molecule has 1 rings (SSSR count). The van der Waals surface area contributed by atoms with Crippen molar-refractivity contribution in [3.05, 3.63) is 28.2 Å². The fourth-order valence-electron chi connectivity index (χ4n) is 1.58. The molecule has 0 fully saturated rings. The van der Waals surface area contributed by atoms with E-state index in [1.165, 1.54) is 10.6 Å². The Morgan fingerprint density at radius 1 is 1.53 bits per heavy atom. The first kappa shape index (κ1) is 17.7. The zero-order valence-electron chi connectivity index (χ0n) is 11.8. The fourth-order valence-corrected chi connectivity index (χ4v) is 1.58. The van der Waals surface area contributed by atoms with Gasteiger partial charge in [-0.2, -0.15) is 0 Å². The second-order valence-corrected chi connectivity index (χ2v) is 4.72. The summed E-state index contributed by atoms with van der Waals surface area (Å²) in [6, 6.07) is 0.955. The number of carbonyl (C=O) groups is 1. The van der Waals surface area contributed by atoms with Crippen molar-refractivity contribution in [2.24, 2.45) is 18.7 Å². The Morgan fingerprint density at radius 2 is 2.11 bits per heavy atom. The van der Waals surface area contributed by atoms with Crippen LogP contribution in [0.2, 0.25) is 0 Å². The lowest BCUT2D eigenvalue weighted by Crippen LogP contribution is -2.41. The molecular formula is C13H22ClN3O2. The smallest absolute Gasteiger partial charge is 0.250 e. The van der Waals surface area contributed by atoms with Gasteiger partial charge in [0.05, 0.1) is 11.7 Å². The summed E-state index contributed by atoms with van der Waals surface area (Å²) < 4.78 is 1.43. The molecule has 1 aromatic rings. The Morgan fingerprint density at radius 3 is 2.63 bits per heavy atom. The number of carbonyl (C=O) groups excluding carboxylic acids is 1. The maximum atomic E-state index is 11.9. The maximum Gasteiger partial charge on any atom is 0.250 e. The number of nitrogens with two attached hydrogens (primary N) is 1. The first-order chi connectivity index (χ1) is 8.36. The number of pyridine rings is 1. The molecule has 0 aliphatic carbocycles. The number of nitrogens with zero attached hydrogens (tertiary/aromatic N) is 1. The number of amides is 1. The minimum atomic E-state index is -0.536. The Kier molecular flexibility index (Phi) is 6.79. The van der Waals surface area contributed by atoms with Gasteiger partial charge in [-0.3, -0.25) is 9.59 Å². The van der Waals surface area contributed by atoms with Crippen LogP contribution in [0.15, 0.2) is 17.1 Å². The third kappa shape index (κ3) is 4.36. The van der Waals surface area contributed by atoms with Crippen molar-refractivity contribution in [3.8, 4) is 0 Å². The predicted octanol–water partition coefficient (Wildman–Crippen LogP) is 1.43. The third-order valence-corrected chi connectivity index (χ3v) is 3.25. The van der Waals surface area contributed by atoms with Crippen LogP contribution in [-0.4, -0.2) is 16.5 Å². The van der Waals surface area contributed by atoms with Crippen molar-refractivity contribution in [1.82, 2.24) is 4.57 Å². The van der Waals surface area contributed by atoms with E-state index >= 15 is 0 Å². The molecule has 2 atom stereocenters. The normalized spacial score (nSPS) is 13.3. The fraction of sp³-hybridized carbons (Fsp3) is 0.538. The van der Waals surface area contributed by atoms with Crippen LogP contribution in [0, 0.1) is 12.8 Å². The van der Waals surface area contributed by atoms with Gasteiger partial charge in [-0.15, -0.1) is 12.4 Å². The van der Waals surface area contributed by atoms with E-state index in [1.54, 1.807) is 20.2 Å². The van der Waals surface area contributed by atoms with E-state index in [2.05, 4.69) is 5.32 Å². The van der Waals surface area contributed by atoms with Crippen molar-refractivity contribution >= 4 is 24.0 Å². The second-order valence-electron chi connectivity index (χ2n) is 4.72. The molecule has 0 bridgehead atoms. The van der Waals surface area contributed by atoms with Crippen molar-refractivity contribution in [1.29, 1.82) is 0 Å². The van der Waals surface area contributed by atoms with Crippen LogP contribution in [0.25, 0.3) is 0 Å². The van der Waals surface area contributed by atoms with Crippen LogP contribution >= 0.6 is 12.4 Å². The molecule has 6 heteroatoms. The van der Waals surface area contributed by atoms with Gasteiger partial charge in [0.25, 0.3) is 5.56 Å². The maximum absolute atomic E-state index is 11.9. The highest BCUT2D eigenvalue weighted by Gasteiger charge is 2.20. The van der Waals surface area contributed by atoms with E-state index in [1.807, 2.05) is 13.8 Å². The molecule has 0 radical (unpaired) electrons. The van der Waals surface area contributed by atoms with Crippen molar-refractivity contribution in [2.45, 2.75) is 33.2 Å². The molecule has 1 heterocycles. The lowest BCUT2D eigenvalue weighted by atomic mass is 9.99. The number of anilines is 1. The average Bonchev–Trinajstić information content (AvgIpc) is 2.33. The zero-order valence-corrected chi connectivity index (χ0v) is 12.6. The largest absolute Gasteiger partial charge is 0.323 e. The molecule has 0 saturated carbocycles. The Hall–Kier alpha value is -1.33. The minimum Gasteiger partial charge on any atom is -0.323 e. The number of nitrogens with one attached hydrogen (secondary N) is 1. The molecular weight excluding hydrogens is 266 g/mol. The number of rotatable bonds is 4. The molecule has 1 aromatic heterocycles. The van der Waals surface area contributed by atoms with Gasteiger partial charge in [-0.1, -0.05) is 20.3 Å². The van der Waals surface area contributed by atoms with E-state index in [4.69, 9.17) is 5.73 Å². The SMILES string of the molecule is CCC(C)C(N)C(=O)Nc1cn(C)c(=O)cc1C.Cl. The van der Waals surface area contributed by atoms with Crippen LogP contribution in [0.3, 0.4) is 0 Å². The molecule has 0 spiro atoms. The average molecular weight is 288 g/mol. The summed E-state index contributed by atoms with van der Waals surface area (Å²) in [6.45, 7) is 5.72. The summed E-state index contributed by atoms with van der Waals surface area (Å²) in [6.07, 6.45) is 2.46. The summed E-state index contributed by atoms with van der Waals surface area (Å²) in [4.78, 5) is 23.3. The summed E-state index contributed by atoms with van der Waals surface area (Å²) in [5.41, 5.74) is 7.12. The zero-order chi connectivity index (χ0) is 13.9. The molecule has 19 heavy (non-hydrogen) atoms. The lowest BCUT2D eigenvalue weighted by Gasteiger charge is -2.18. The first-order valence-electron chi connectivity index (χ1n) is 6.10. The van der Waals surface area contributed by atoms with Crippen LogP contribution < -0.4 is 16.6 Å². The van der Waals surface area contributed by atoms with Crippen molar-refractivity contribution in [2.75, 3.05) is 5.32 Å². The summed E-state index contributed by atoms with van der Waals surface area (Å²) in [5.74, 6) is -0.0936. The van der Waals surface area contributed by atoms with E-state index in [9.17, 15) is 9.59 Å². The van der Waals surface area contributed by atoms with Crippen LogP contribution in [0.1, 0.15) is 25.8 Å². The highest BCUT2D eigenvalue weighted by Crippen LogP contribution is 2.13. The number of halogens is 1. The van der Waals surface area contributed by atoms with Crippen molar-refractivity contribution in [3.63, 3.8) is 0 Å². The van der Waals surface area contributed by atoms with E-state index < -0.39 is 6.04 Å². The standard InChI is InChI=1S/C13H21N3O2.ClH/c1-5-8(2)12(14)13(18)15-10-7-16(4)11(17)6-9(10)3;/h6-8,12H,5,14H2,1-4H3,(H,15,18);1H. The summed E-state index contributed by atoms with van der Waals surface area (Å²) in [7, 11) is 1.64. The predicted molar refractivity (Wildman–Crippen MR) is 79.7 cm³/mol. The molecule has 2 unspecified atom stereocenters. The lowest BCUT2D eigenvalue weighted by molar-refractivity contribution is -0.118. The summed E-state index contributed by atoms with van der Waals surface area (Å²) in [5, 5.41) is 2.77. The van der Waals surface area contributed by atoms with Gasteiger partial charge in [0.2, 0.25) is 5.91 Å². The van der Waals surface area contributed by atoms with Gasteiger partial charge >= 0.3 is 0 Å². The molecule has 1 amide bonds. The number of aryl methyl sites for hydroxylation is 2. The quantitative estimate of drug-likeness (QED) is 0.879. The molecule has 5 nitrogen and oxygen atoms in total. The van der Waals surface area contributed by atoms with Gasteiger partial charge in [0.15, 0.2) is 0 Å². The van der Waals surface area contributed by atoms with Gasteiger partial charge in [0.1, 0.15) is 0 Å². The second kappa shape index (κ2) is 7.31. The highest BCUT2D eigenvalue weighted by molar-refractivity contribution is 5.95. The van der Waals surface area contributed by atoms with Crippen molar-refractivity contribution < 1.29 is 4.79 Å². The molecule has 0 aliphatic heterocycles. The molecule has 108 valence electrons. The van der Waals surface area contributed by atoms with E-state index in [0.717, 1.165) is 12.0 Å². The monoisotopic (exact) mass is 287 g/mol. The number of aromatic nitrogens is 1. The molecule has 0 saturated heterocycles. The molecule has 3 N–H and O–H groups in total. The Labute approximate surface area is 119 Å². The third-order valence-electron chi connectivity index (χ3n) is 3.25. The molecule has 0 aromatic carbocycles. The van der Waals surface area contributed by atoms with Crippen LogP contribution in [0.4, 0.5) is 5.69 Å². The van der Waals surface area contributed by atoms with E-state index in [-0.39, 0.29) is 29.8 Å².